The number of hydrogen-bond acceptors (Lipinski definition) is 5. The van der Waals surface area contributed by atoms with Crippen molar-refractivity contribution in [3.8, 4) is 11.4 Å². The minimum absolute atomic E-state index is 0.158. The van der Waals surface area contributed by atoms with Crippen LogP contribution in [0.5, 0.6) is 5.75 Å². The normalized spacial score (nSPS) is 14.2. The van der Waals surface area contributed by atoms with Gasteiger partial charge >= 0.3 is 0 Å². The van der Waals surface area contributed by atoms with E-state index < -0.39 is 5.82 Å². The minimum atomic E-state index is -0.398. The topological polar surface area (TPSA) is 60.2 Å². The first-order chi connectivity index (χ1) is 15.6. The first-order valence-electron chi connectivity index (χ1n) is 10.7. The molecule has 7 heteroatoms. The number of ether oxygens (including phenoxy) is 1. The molecule has 0 radical (unpaired) electrons. The quantitative estimate of drug-likeness (QED) is 0.461. The van der Waals surface area contributed by atoms with Gasteiger partial charge < -0.3 is 4.74 Å². The van der Waals surface area contributed by atoms with E-state index in [0.29, 0.717) is 11.4 Å². The van der Waals surface area contributed by atoms with E-state index in [1.807, 2.05) is 18.2 Å². The Morgan fingerprint density at radius 2 is 1.81 bits per heavy atom. The Morgan fingerprint density at radius 1 is 0.969 bits per heavy atom. The van der Waals surface area contributed by atoms with Crippen molar-refractivity contribution < 1.29 is 9.13 Å². The number of benzene rings is 1. The van der Waals surface area contributed by atoms with Crippen molar-refractivity contribution in [2.24, 2.45) is 0 Å². The molecule has 5 rings (SSSR count). The Labute approximate surface area is 184 Å². The predicted octanol–water partition coefficient (Wildman–Crippen LogP) is 4.09. The number of fused-ring (bicyclic) bond motifs is 1. The third kappa shape index (κ3) is 4.53. The molecular weight excluding hydrogens is 407 g/mol. The van der Waals surface area contributed by atoms with Gasteiger partial charge in [0.15, 0.2) is 0 Å². The molecule has 0 N–H and O–H groups in total. The fourth-order valence-corrected chi connectivity index (χ4v) is 3.98. The number of pyridine rings is 3. The summed E-state index contributed by atoms with van der Waals surface area (Å²) in [5, 5.41) is 0.988. The second-order valence-electron chi connectivity index (χ2n) is 7.99. The third-order valence-corrected chi connectivity index (χ3v) is 5.66. The zero-order chi connectivity index (χ0) is 21.9. The summed E-state index contributed by atoms with van der Waals surface area (Å²) in [6, 6.07) is 16.0. The molecule has 0 amide bonds. The Morgan fingerprint density at radius 3 is 2.59 bits per heavy atom. The highest BCUT2D eigenvalue weighted by atomic mass is 19.1. The number of nitrogens with zero attached hydrogens (tertiary/aromatic N) is 4. The zero-order valence-electron chi connectivity index (χ0n) is 17.6. The van der Waals surface area contributed by atoms with Crippen LogP contribution >= 0.6 is 0 Å². The van der Waals surface area contributed by atoms with Crippen LogP contribution in [0.2, 0.25) is 0 Å². The molecular formula is C25H23FN4O2. The van der Waals surface area contributed by atoms with E-state index >= 15 is 0 Å². The lowest BCUT2D eigenvalue weighted by Gasteiger charge is -2.14. The van der Waals surface area contributed by atoms with Crippen LogP contribution in [-0.2, 0) is 13.2 Å². The first kappa shape index (κ1) is 20.3. The van der Waals surface area contributed by atoms with Gasteiger partial charge in [0.1, 0.15) is 18.2 Å². The maximum atomic E-state index is 13.0. The van der Waals surface area contributed by atoms with Crippen LogP contribution in [0.1, 0.15) is 24.2 Å². The van der Waals surface area contributed by atoms with Gasteiger partial charge in [0.25, 0.3) is 5.56 Å². The van der Waals surface area contributed by atoms with E-state index in [4.69, 9.17) is 9.72 Å². The van der Waals surface area contributed by atoms with Gasteiger partial charge in [-0.3, -0.25) is 24.2 Å². The molecule has 3 aromatic heterocycles. The van der Waals surface area contributed by atoms with Gasteiger partial charge in [0.2, 0.25) is 0 Å². The van der Waals surface area contributed by atoms with E-state index in [1.165, 1.54) is 25.0 Å². The van der Waals surface area contributed by atoms with E-state index in [2.05, 4.69) is 22.0 Å². The molecule has 0 unspecified atom stereocenters. The Bertz CT molecular complexity index is 1300. The lowest BCUT2D eigenvalue weighted by atomic mass is 10.1. The van der Waals surface area contributed by atoms with Gasteiger partial charge in [0.05, 0.1) is 23.1 Å². The lowest BCUT2D eigenvalue weighted by molar-refractivity contribution is 0.300. The van der Waals surface area contributed by atoms with E-state index in [9.17, 15) is 9.18 Å². The Kier molecular flexibility index (Phi) is 5.64. The van der Waals surface area contributed by atoms with Crippen LogP contribution in [0, 0.1) is 5.82 Å². The van der Waals surface area contributed by atoms with E-state index in [0.717, 1.165) is 48.1 Å². The summed E-state index contributed by atoms with van der Waals surface area (Å²) >= 11 is 0. The fraction of sp³-hybridized carbons (Fsp3) is 0.240. The highest BCUT2D eigenvalue weighted by Gasteiger charge is 2.13. The minimum Gasteiger partial charge on any atom is -0.487 e. The number of aromatic nitrogens is 3. The molecule has 32 heavy (non-hydrogen) atoms. The Hall–Kier alpha value is -3.58. The van der Waals surface area contributed by atoms with Crippen molar-refractivity contribution in [1.82, 2.24) is 19.4 Å². The molecule has 6 nitrogen and oxygen atoms in total. The standard InChI is InChI=1S/C25H23FN4O2/c26-19-4-6-21(27-15-19)17-32-23-9-12-30(25(31)14-23)22-7-8-24-18(13-22)3-5-20(28-24)16-29-10-1-2-11-29/h3-9,12-15H,1-2,10-11,16-17H2. The summed E-state index contributed by atoms with van der Waals surface area (Å²) in [7, 11) is 0. The van der Waals surface area contributed by atoms with E-state index in [1.54, 1.807) is 22.9 Å². The summed E-state index contributed by atoms with van der Waals surface area (Å²) in [5.41, 5.74) is 3.14. The Balaban J connectivity index is 1.32. The third-order valence-electron chi connectivity index (χ3n) is 5.66. The van der Waals surface area contributed by atoms with Gasteiger partial charge in [-0.1, -0.05) is 6.07 Å². The van der Waals surface area contributed by atoms with Gasteiger partial charge in [-0.15, -0.1) is 0 Å². The second-order valence-corrected chi connectivity index (χ2v) is 7.99. The van der Waals surface area contributed by atoms with Crippen molar-refractivity contribution in [1.29, 1.82) is 0 Å². The number of halogens is 1. The highest BCUT2D eigenvalue weighted by Crippen LogP contribution is 2.19. The van der Waals surface area contributed by atoms with Gasteiger partial charge in [-0.05, 0) is 68.4 Å². The van der Waals surface area contributed by atoms with Crippen molar-refractivity contribution in [3.05, 3.63) is 94.5 Å². The van der Waals surface area contributed by atoms with Gasteiger partial charge in [0, 0.05) is 29.9 Å². The smallest absolute Gasteiger partial charge is 0.258 e. The van der Waals surface area contributed by atoms with Crippen LogP contribution < -0.4 is 10.3 Å². The van der Waals surface area contributed by atoms with E-state index in [-0.39, 0.29) is 12.2 Å². The van der Waals surface area contributed by atoms with Crippen LogP contribution in [0.15, 0.2) is 71.8 Å². The fourth-order valence-electron chi connectivity index (χ4n) is 3.98. The average Bonchev–Trinajstić information content (AvgIpc) is 3.31. The molecule has 1 saturated heterocycles. The summed E-state index contributed by atoms with van der Waals surface area (Å²) in [6.07, 6.45) is 5.35. The van der Waals surface area contributed by atoms with Crippen LogP contribution in [0.25, 0.3) is 16.6 Å². The summed E-state index contributed by atoms with van der Waals surface area (Å²) in [5.74, 6) is 0.0381. The molecule has 4 heterocycles. The SMILES string of the molecule is O=c1cc(OCc2ccc(F)cn2)ccn1-c1ccc2nc(CN3CCCC3)ccc2c1. The molecule has 0 atom stereocenters. The van der Waals surface area contributed by atoms with Gasteiger partial charge in [-0.25, -0.2) is 4.39 Å². The summed E-state index contributed by atoms with van der Waals surface area (Å²) in [4.78, 5) is 23.8. The molecule has 4 aromatic rings. The average molecular weight is 430 g/mol. The van der Waals surface area contributed by atoms with Crippen molar-refractivity contribution >= 4 is 10.9 Å². The largest absolute Gasteiger partial charge is 0.487 e. The highest BCUT2D eigenvalue weighted by molar-refractivity contribution is 5.81. The predicted molar refractivity (Wildman–Crippen MR) is 120 cm³/mol. The second kappa shape index (κ2) is 8.88. The van der Waals surface area contributed by atoms with Crippen LogP contribution in [0.4, 0.5) is 4.39 Å². The molecule has 162 valence electrons. The maximum absolute atomic E-state index is 13.0. The monoisotopic (exact) mass is 430 g/mol. The van der Waals surface area contributed by atoms with Crippen molar-refractivity contribution in [2.75, 3.05) is 13.1 Å². The van der Waals surface area contributed by atoms with Crippen LogP contribution in [-0.4, -0.2) is 32.5 Å². The first-order valence-corrected chi connectivity index (χ1v) is 10.7. The molecule has 1 fully saturated rings. The molecule has 1 aliphatic heterocycles. The number of hydrogen-bond donors (Lipinski definition) is 0. The van der Waals surface area contributed by atoms with Crippen molar-refractivity contribution in [3.63, 3.8) is 0 Å². The summed E-state index contributed by atoms with van der Waals surface area (Å²) < 4.78 is 20.2. The molecule has 0 spiro atoms. The molecule has 1 aliphatic rings. The number of rotatable bonds is 6. The molecule has 0 aliphatic carbocycles. The van der Waals surface area contributed by atoms with Gasteiger partial charge in [-0.2, -0.15) is 0 Å². The molecule has 0 bridgehead atoms. The van der Waals surface area contributed by atoms with Crippen molar-refractivity contribution in [2.45, 2.75) is 26.0 Å². The molecule has 0 saturated carbocycles. The van der Waals surface area contributed by atoms with Crippen LogP contribution in [0.3, 0.4) is 0 Å². The maximum Gasteiger partial charge on any atom is 0.258 e. The summed E-state index contributed by atoms with van der Waals surface area (Å²) in [6.45, 7) is 3.32. The lowest BCUT2D eigenvalue weighted by Crippen LogP contribution is -2.19. The number of likely N-dealkylation sites (tertiary alicyclic amines) is 1. The molecule has 1 aromatic carbocycles. The zero-order valence-corrected chi connectivity index (χ0v) is 17.6.